The van der Waals surface area contributed by atoms with Crippen LogP contribution in [0.4, 0.5) is 0 Å². The van der Waals surface area contributed by atoms with Gasteiger partial charge in [0.25, 0.3) is 0 Å². The Morgan fingerprint density at radius 2 is 1.68 bits per heavy atom. The maximum absolute atomic E-state index is 9.09. The SMILES string of the molecule is COc1ccc(C#N)c(OCCOc2c(C)cccc2C)c1. The molecule has 0 aliphatic carbocycles. The van der Waals surface area contributed by atoms with E-state index >= 15 is 0 Å². The van der Waals surface area contributed by atoms with E-state index in [2.05, 4.69) is 6.07 Å². The molecule has 2 aromatic rings. The van der Waals surface area contributed by atoms with Crippen molar-refractivity contribution in [2.24, 2.45) is 0 Å². The van der Waals surface area contributed by atoms with Crippen molar-refractivity contribution < 1.29 is 14.2 Å². The van der Waals surface area contributed by atoms with E-state index in [-0.39, 0.29) is 0 Å². The molecule has 4 nitrogen and oxygen atoms in total. The predicted octanol–water partition coefficient (Wildman–Crippen LogP) is 3.64. The van der Waals surface area contributed by atoms with Gasteiger partial charge >= 0.3 is 0 Å². The van der Waals surface area contributed by atoms with Crippen LogP contribution in [0, 0.1) is 25.2 Å². The lowest BCUT2D eigenvalue weighted by Gasteiger charge is -2.13. The molecule has 4 heteroatoms. The molecule has 0 atom stereocenters. The van der Waals surface area contributed by atoms with Gasteiger partial charge in [-0.3, -0.25) is 0 Å². The van der Waals surface area contributed by atoms with Gasteiger partial charge in [-0.05, 0) is 37.1 Å². The summed E-state index contributed by atoms with van der Waals surface area (Å²) in [7, 11) is 1.58. The molecule has 0 aromatic heterocycles. The molecular weight excluding hydrogens is 278 g/mol. The van der Waals surface area contributed by atoms with Gasteiger partial charge < -0.3 is 14.2 Å². The molecule has 114 valence electrons. The fourth-order valence-corrected chi connectivity index (χ4v) is 2.16. The standard InChI is InChI=1S/C18H19NO3/c1-13-5-4-6-14(2)18(13)22-10-9-21-17-11-16(20-3)8-7-15(17)12-19/h4-8,11H,9-10H2,1-3H3. The second-order valence-electron chi connectivity index (χ2n) is 4.89. The largest absolute Gasteiger partial charge is 0.497 e. The van der Waals surface area contributed by atoms with Crippen molar-refractivity contribution in [3.63, 3.8) is 0 Å². The highest BCUT2D eigenvalue weighted by Crippen LogP contribution is 2.25. The average molecular weight is 297 g/mol. The molecule has 2 aromatic carbocycles. The van der Waals surface area contributed by atoms with Crippen molar-refractivity contribution in [3.8, 4) is 23.3 Å². The second kappa shape index (κ2) is 7.37. The Hall–Kier alpha value is -2.67. The lowest BCUT2D eigenvalue weighted by Crippen LogP contribution is -2.11. The van der Waals surface area contributed by atoms with Gasteiger partial charge in [0.2, 0.25) is 0 Å². The first-order chi connectivity index (χ1) is 10.7. The minimum atomic E-state index is 0.357. The molecule has 0 radical (unpaired) electrons. The first-order valence-corrected chi connectivity index (χ1v) is 7.05. The van der Waals surface area contributed by atoms with Crippen LogP contribution in [0.15, 0.2) is 36.4 Å². The van der Waals surface area contributed by atoms with Crippen molar-refractivity contribution in [1.29, 1.82) is 5.26 Å². The third-order valence-corrected chi connectivity index (χ3v) is 3.31. The summed E-state index contributed by atoms with van der Waals surface area (Å²) in [6.07, 6.45) is 0. The van der Waals surface area contributed by atoms with E-state index in [0.717, 1.165) is 16.9 Å². The Balaban J connectivity index is 1.96. The van der Waals surface area contributed by atoms with Crippen LogP contribution in [0.25, 0.3) is 0 Å². The maximum Gasteiger partial charge on any atom is 0.140 e. The third kappa shape index (κ3) is 3.70. The molecule has 0 bridgehead atoms. The zero-order chi connectivity index (χ0) is 15.9. The molecule has 0 saturated heterocycles. The summed E-state index contributed by atoms with van der Waals surface area (Å²) in [5.41, 5.74) is 2.67. The second-order valence-corrected chi connectivity index (χ2v) is 4.89. The van der Waals surface area contributed by atoms with Gasteiger partial charge in [0.15, 0.2) is 0 Å². The molecule has 0 unspecified atom stereocenters. The van der Waals surface area contributed by atoms with Crippen molar-refractivity contribution >= 4 is 0 Å². The van der Waals surface area contributed by atoms with Crippen molar-refractivity contribution in [3.05, 3.63) is 53.1 Å². The van der Waals surface area contributed by atoms with E-state index in [1.54, 1.807) is 25.3 Å². The lowest BCUT2D eigenvalue weighted by atomic mass is 10.1. The first-order valence-electron chi connectivity index (χ1n) is 7.05. The highest BCUT2D eigenvalue weighted by Gasteiger charge is 2.07. The highest BCUT2D eigenvalue weighted by molar-refractivity contribution is 5.47. The van der Waals surface area contributed by atoms with Crippen LogP contribution < -0.4 is 14.2 Å². The highest BCUT2D eigenvalue weighted by atomic mass is 16.5. The summed E-state index contributed by atoms with van der Waals surface area (Å²) in [6, 6.07) is 13.3. The van der Waals surface area contributed by atoms with Crippen LogP contribution in [-0.4, -0.2) is 20.3 Å². The summed E-state index contributed by atoms with van der Waals surface area (Å²) in [5.74, 6) is 2.05. The molecule has 0 saturated carbocycles. The summed E-state index contributed by atoms with van der Waals surface area (Å²) in [6.45, 7) is 4.79. The van der Waals surface area contributed by atoms with Gasteiger partial charge in [-0.25, -0.2) is 0 Å². The normalized spacial score (nSPS) is 9.91. The number of para-hydroxylation sites is 1. The summed E-state index contributed by atoms with van der Waals surface area (Å²) in [5, 5.41) is 9.09. The molecule has 0 N–H and O–H groups in total. The van der Waals surface area contributed by atoms with Crippen LogP contribution in [0.3, 0.4) is 0 Å². The number of nitriles is 1. The monoisotopic (exact) mass is 297 g/mol. The van der Waals surface area contributed by atoms with Crippen LogP contribution in [0.1, 0.15) is 16.7 Å². The van der Waals surface area contributed by atoms with Crippen LogP contribution >= 0.6 is 0 Å². The van der Waals surface area contributed by atoms with E-state index in [1.165, 1.54) is 0 Å². The van der Waals surface area contributed by atoms with E-state index in [4.69, 9.17) is 19.5 Å². The molecule has 2 rings (SSSR count). The first kappa shape index (κ1) is 15.7. The zero-order valence-corrected chi connectivity index (χ0v) is 13.1. The quantitative estimate of drug-likeness (QED) is 0.764. The van der Waals surface area contributed by atoms with Gasteiger partial charge in [-0.15, -0.1) is 0 Å². The Kier molecular flexibility index (Phi) is 5.26. The lowest BCUT2D eigenvalue weighted by molar-refractivity contribution is 0.214. The number of ether oxygens (including phenoxy) is 3. The molecule has 0 aliphatic heterocycles. The van der Waals surface area contributed by atoms with Crippen molar-refractivity contribution in [2.45, 2.75) is 13.8 Å². The van der Waals surface area contributed by atoms with Gasteiger partial charge in [0.1, 0.15) is 36.5 Å². The molecule has 0 spiro atoms. The third-order valence-electron chi connectivity index (χ3n) is 3.31. The molecule has 0 amide bonds. The number of hydrogen-bond donors (Lipinski definition) is 0. The van der Waals surface area contributed by atoms with Crippen LogP contribution in [0.5, 0.6) is 17.2 Å². The molecule has 0 fully saturated rings. The Morgan fingerprint density at radius 3 is 2.32 bits per heavy atom. The van der Waals surface area contributed by atoms with E-state index in [0.29, 0.717) is 30.3 Å². The number of methoxy groups -OCH3 is 1. The van der Waals surface area contributed by atoms with Gasteiger partial charge in [-0.2, -0.15) is 5.26 Å². The minimum absolute atomic E-state index is 0.357. The number of aryl methyl sites for hydroxylation is 2. The van der Waals surface area contributed by atoms with Crippen molar-refractivity contribution in [2.75, 3.05) is 20.3 Å². The Morgan fingerprint density at radius 1 is 1.00 bits per heavy atom. The van der Waals surface area contributed by atoms with Crippen LogP contribution in [-0.2, 0) is 0 Å². The maximum atomic E-state index is 9.09. The molecule has 0 heterocycles. The molecular formula is C18H19NO3. The van der Waals surface area contributed by atoms with E-state index in [9.17, 15) is 0 Å². The van der Waals surface area contributed by atoms with E-state index < -0.39 is 0 Å². The Labute approximate surface area is 130 Å². The smallest absolute Gasteiger partial charge is 0.140 e. The summed E-state index contributed by atoms with van der Waals surface area (Å²) in [4.78, 5) is 0. The Bertz CT molecular complexity index is 669. The number of rotatable bonds is 6. The zero-order valence-electron chi connectivity index (χ0n) is 13.1. The topological polar surface area (TPSA) is 51.5 Å². The number of nitrogens with zero attached hydrogens (tertiary/aromatic N) is 1. The fourth-order valence-electron chi connectivity index (χ4n) is 2.16. The van der Waals surface area contributed by atoms with Gasteiger partial charge in [-0.1, -0.05) is 18.2 Å². The number of hydrogen-bond acceptors (Lipinski definition) is 4. The summed E-state index contributed by atoms with van der Waals surface area (Å²) >= 11 is 0. The minimum Gasteiger partial charge on any atom is -0.497 e. The summed E-state index contributed by atoms with van der Waals surface area (Å²) < 4.78 is 16.6. The number of benzene rings is 2. The van der Waals surface area contributed by atoms with Gasteiger partial charge in [0, 0.05) is 6.07 Å². The van der Waals surface area contributed by atoms with Crippen LogP contribution in [0.2, 0.25) is 0 Å². The molecule has 0 aliphatic rings. The van der Waals surface area contributed by atoms with E-state index in [1.807, 2.05) is 32.0 Å². The average Bonchev–Trinajstić information content (AvgIpc) is 2.53. The van der Waals surface area contributed by atoms with Crippen molar-refractivity contribution in [1.82, 2.24) is 0 Å². The fraction of sp³-hybridized carbons (Fsp3) is 0.278. The predicted molar refractivity (Wildman–Crippen MR) is 84.6 cm³/mol. The van der Waals surface area contributed by atoms with Gasteiger partial charge in [0.05, 0.1) is 12.7 Å². The molecule has 22 heavy (non-hydrogen) atoms.